The summed E-state index contributed by atoms with van der Waals surface area (Å²) in [5.74, 6) is 0.443. The van der Waals surface area contributed by atoms with Crippen molar-refractivity contribution in [2.75, 3.05) is 0 Å². The fraction of sp³-hybridized carbons (Fsp3) is 0.286. The van der Waals surface area contributed by atoms with Crippen LogP contribution in [0.2, 0.25) is 0 Å². The second-order valence-electron chi connectivity index (χ2n) is 7.10. The zero-order valence-corrected chi connectivity index (χ0v) is 15.6. The third kappa shape index (κ3) is 2.69. The van der Waals surface area contributed by atoms with Gasteiger partial charge in [0.2, 0.25) is 0 Å². The van der Waals surface area contributed by atoms with E-state index in [0.29, 0.717) is 5.92 Å². The van der Waals surface area contributed by atoms with E-state index in [1.165, 1.54) is 5.56 Å². The first-order valence-corrected chi connectivity index (χ1v) is 8.94. The summed E-state index contributed by atoms with van der Waals surface area (Å²) in [6.07, 6.45) is 1.96. The topological polar surface area (TPSA) is 48.5 Å². The Morgan fingerprint density at radius 2 is 1.77 bits per heavy atom. The Balaban J connectivity index is 1.89. The molecule has 5 nitrogen and oxygen atoms in total. The van der Waals surface area contributed by atoms with Crippen molar-refractivity contribution in [3.05, 3.63) is 66.1 Å². The highest BCUT2D eigenvalue weighted by Crippen LogP contribution is 2.32. The standard InChI is InChI=1S/C21H23N5/c1-14(2)20(16-8-6-5-7-9-16)26-13-22-18-11-10-17(12-19(18)26)21-15(3)23-24-25(21)4/h5-14,20H,1-4H3/t20-/m1/s1. The summed E-state index contributed by atoms with van der Waals surface area (Å²) in [5, 5.41) is 8.32. The molecule has 0 bridgehead atoms. The van der Waals surface area contributed by atoms with Crippen molar-refractivity contribution in [2.24, 2.45) is 13.0 Å². The van der Waals surface area contributed by atoms with Gasteiger partial charge in [-0.25, -0.2) is 9.67 Å². The van der Waals surface area contributed by atoms with E-state index in [1.54, 1.807) is 0 Å². The number of fused-ring (bicyclic) bond motifs is 1. The second kappa shape index (κ2) is 6.41. The number of benzene rings is 2. The average molecular weight is 345 g/mol. The molecule has 2 aromatic carbocycles. The summed E-state index contributed by atoms with van der Waals surface area (Å²) in [6.45, 7) is 6.50. The fourth-order valence-corrected chi connectivity index (χ4v) is 3.77. The van der Waals surface area contributed by atoms with Gasteiger partial charge in [0.05, 0.1) is 34.8 Å². The molecule has 2 heterocycles. The highest BCUT2D eigenvalue weighted by Gasteiger charge is 2.20. The molecule has 0 saturated heterocycles. The Bertz CT molecular complexity index is 1020. The molecule has 0 aliphatic carbocycles. The van der Waals surface area contributed by atoms with Gasteiger partial charge >= 0.3 is 0 Å². The first kappa shape index (κ1) is 16.5. The van der Waals surface area contributed by atoms with E-state index in [0.717, 1.165) is 28.0 Å². The normalized spacial score (nSPS) is 12.8. The molecule has 0 radical (unpaired) electrons. The van der Waals surface area contributed by atoms with Crippen LogP contribution in [0.25, 0.3) is 22.3 Å². The van der Waals surface area contributed by atoms with Crippen molar-refractivity contribution in [3.63, 3.8) is 0 Å². The van der Waals surface area contributed by atoms with Crippen molar-refractivity contribution >= 4 is 11.0 Å². The maximum atomic E-state index is 4.64. The van der Waals surface area contributed by atoms with E-state index in [4.69, 9.17) is 0 Å². The van der Waals surface area contributed by atoms with E-state index in [-0.39, 0.29) is 6.04 Å². The Morgan fingerprint density at radius 1 is 1.00 bits per heavy atom. The summed E-state index contributed by atoms with van der Waals surface area (Å²) in [4.78, 5) is 4.64. The highest BCUT2D eigenvalue weighted by atomic mass is 15.4. The van der Waals surface area contributed by atoms with E-state index < -0.39 is 0 Å². The maximum absolute atomic E-state index is 4.64. The molecule has 4 aromatic rings. The van der Waals surface area contributed by atoms with E-state index in [1.807, 2.05) is 25.0 Å². The molecule has 4 rings (SSSR count). The van der Waals surface area contributed by atoms with Crippen molar-refractivity contribution in [1.29, 1.82) is 0 Å². The molecule has 0 aliphatic rings. The minimum absolute atomic E-state index is 0.238. The highest BCUT2D eigenvalue weighted by molar-refractivity contribution is 5.82. The zero-order chi connectivity index (χ0) is 18.3. The molecule has 0 N–H and O–H groups in total. The van der Waals surface area contributed by atoms with Crippen molar-refractivity contribution in [1.82, 2.24) is 24.5 Å². The van der Waals surface area contributed by atoms with E-state index in [9.17, 15) is 0 Å². The monoisotopic (exact) mass is 345 g/mol. The molecule has 26 heavy (non-hydrogen) atoms. The lowest BCUT2D eigenvalue weighted by Gasteiger charge is -2.24. The van der Waals surface area contributed by atoms with Crippen LogP contribution in [0.15, 0.2) is 54.9 Å². The Hall–Kier alpha value is -2.95. The van der Waals surface area contributed by atoms with Crippen LogP contribution in [0, 0.1) is 12.8 Å². The Labute approximate surface area is 153 Å². The second-order valence-corrected chi connectivity index (χ2v) is 7.10. The molecule has 2 aromatic heterocycles. The quantitative estimate of drug-likeness (QED) is 0.551. The lowest BCUT2D eigenvalue weighted by Crippen LogP contribution is -2.15. The van der Waals surface area contributed by atoms with Gasteiger partial charge in [-0.05, 0) is 30.5 Å². The zero-order valence-electron chi connectivity index (χ0n) is 15.6. The number of aryl methyl sites for hydroxylation is 2. The molecule has 132 valence electrons. The number of imidazole rings is 1. The minimum atomic E-state index is 0.238. The number of hydrogen-bond acceptors (Lipinski definition) is 3. The van der Waals surface area contributed by atoms with Crippen LogP contribution in [-0.4, -0.2) is 24.5 Å². The average Bonchev–Trinajstić information content (AvgIpc) is 3.19. The van der Waals surface area contributed by atoms with E-state index in [2.05, 4.69) is 82.2 Å². The molecule has 0 amide bonds. The molecule has 0 aliphatic heterocycles. The minimum Gasteiger partial charge on any atom is -0.323 e. The SMILES string of the molecule is Cc1nnn(C)c1-c1ccc2ncn([C@@H](c3ccccc3)C(C)C)c2c1. The molecular weight excluding hydrogens is 322 g/mol. The Morgan fingerprint density at radius 3 is 2.42 bits per heavy atom. The first-order valence-electron chi connectivity index (χ1n) is 8.94. The summed E-state index contributed by atoms with van der Waals surface area (Å²) >= 11 is 0. The summed E-state index contributed by atoms with van der Waals surface area (Å²) in [7, 11) is 1.93. The summed E-state index contributed by atoms with van der Waals surface area (Å²) in [6, 6.07) is 17.2. The van der Waals surface area contributed by atoms with Gasteiger partial charge in [-0.3, -0.25) is 0 Å². The summed E-state index contributed by atoms with van der Waals surface area (Å²) < 4.78 is 4.12. The number of hydrogen-bond donors (Lipinski definition) is 0. The predicted molar refractivity (Wildman–Crippen MR) is 104 cm³/mol. The van der Waals surface area contributed by atoms with Gasteiger partial charge in [0.15, 0.2) is 0 Å². The molecular formula is C21H23N5. The van der Waals surface area contributed by atoms with E-state index >= 15 is 0 Å². The van der Waals surface area contributed by atoms with Crippen LogP contribution in [-0.2, 0) is 7.05 Å². The van der Waals surface area contributed by atoms with Crippen LogP contribution < -0.4 is 0 Å². The van der Waals surface area contributed by atoms with Gasteiger partial charge in [-0.2, -0.15) is 0 Å². The van der Waals surface area contributed by atoms with Crippen molar-refractivity contribution in [3.8, 4) is 11.3 Å². The molecule has 5 heteroatoms. The number of rotatable bonds is 4. The lowest BCUT2D eigenvalue weighted by atomic mass is 9.95. The molecule has 0 unspecified atom stereocenters. The van der Waals surface area contributed by atoms with Gasteiger partial charge in [-0.15, -0.1) is 5.10 Å². The predicted octanol–water partition coefficient (Wildman–Crippen LogP) is 4.39. The van der Waals surface area contributed by atoms with Crippen LogP contribution >= 0.6 is 0 Å². The van der Waals surface area contributed by atoms with Crippen LogP contribution in [0.5, 0.6) is 0 Å². The van der Waals surface area contributed by atoms with Crippen molar-refractivity contribution in [2.45, 2.75) is 26.8 Å². The van der Waals surface area contributed by atoms with Gasteiger partial charge in [0, 0.05) is 12.6 Å². The number of aromatic nitrogens is 5. The van der Waals surface area contributed by atoms with Crippen LogP contribution in [0.1, 0.15) is 31.1 Å². The van der Waals surface area contributed by atoms with Crippen LogP contribution in [0.4, 0.5) is 0 Å². The third-order valence-corrected chi connectivity index (χ3v) is 4.92. The van der Waals surface area contributed by atoms with Gasteiger partial charge in [0.25, 0.3) is 0 Å². The smallest absolute Gasteiger partial charge is 0.0964 e. The molecule has 1 atom stereocenters. The first-order chi connectivity index (χ1) is 12.6. The molecule has 0 fully saturated rings. The summed E-state index contributed by atoms with van der Waals surface area (Å²) in [5.41, 5.74) is 6.51. The van der Waals surface area contributed by atoms with Crippen LogP contribution in [0.3, 0.4) is 0 Å². The van der Waals surface area contributed by atoms with Gasteiger partial charge < -0.3 is 4.57 Å². The molecule has 0 spiro atoms. The molecule has 0 saturated carbocycles. The van der Waals surface area contributed by atoms with Gasteiger partial charge in [0.1, 0.15) is 0 Å². The lowest BCUT2D eigenvalue weighted by molar-refractivity contribution is 0.446. The largest absolute Gasteiger partial charge is 0.323 e. The third-order valence-electron chi connectivity index (χ3n) is 4.92. The maximum Gasteiger partial charge on any atom is 0.0964 e. The van der Waals surface area contributed by atoms with Gasteiger partial charge in [-0.1, -0.05) is 55.5 Å². The Kier molecular flexibility index (Phi) is 4.07. The fourth-order valence-electron chi connectivity index (χ4n) is 3.77. The number of nitrogens with zero attached hydrogens (tertiary/aromatic N) is 5. The van der Waals surface area contributed by atoms with Crippen molar-refractivity contribution < 1.29 is 0 Å².